The van der Waals surface area contributed by atoms with E-state index in [2.05, 4.69) is 35.4 Å². The van der Waals surface area contributed by atoms with Gasteiger partial charge in [-0.05, 0) is 56.6 Å². The minimum absolute atomic E-state index is 0.0459. The molecule has 1 atom stereocenters. The smallest absolute Gasteiger partial charge is 0.238 e. The Kier molecular flexibility index (Phi) is 4.95. The van der Waals surface area contributed by atoms with Crippen LogP contribution in [0, 0.1) is 6.92 Å². The van der Waals surface area contributed by atoms with Gasteiger partial charge in [-0.25, -0.2) is 9.97 Å². The molecular formula is C22H24N8O. The van der Waals surface area contributed by atoms with E-state index < -0.39 is 0 Å². The number of fused-ring (bicyclic) bond motifs is 1. The Hall–Kier alpha value is -3.59. The van der Waals surface area contributed by atoms with Crippen molar-refractivity contribution in [1.82, 2.24) is 34.6 Å². The highest BCUT2D eigenvalue weighted by atomic mass is 16.2. The maximum Gasteiger partial charge on any atom is 0.238 e. The van der Waals surface area contributed by atoms with Crippen LogP contribution in [0.3, 0.4) is 0 Å². The highest BCUT2D eigenvalue weighted by molar-refractivity contribution is 5.94. The number of aromatic nitrogens is 6. The molecule has 0 radical (unpaired) electrons. The summed E-state index contributed by atoms with van der Waals surface area (Å²) < 4.78 is 2.03. The molecule has 4 aromatic rings. The van der Waals surface area contributed by atoms with Crippen molar-refractivity contribution in [3.63, 3.8) is 0 Å². The normalized spacial score (nSPS) is 16.8. The molecule has 9 heteroatoms. The van der Waals surface area contributed by atoms with E-state index in [-0.39, 0.29) is 11.9 Å². The number of carbonyl (C=O) groups is 1. The Balaban J connectivity index is 1.27. The van der Waals surface area contributed by atoms with Gasteiger partial charge in [-0.3, -0.25) is 19.8 Å². The SMILES string of the molecule is Cc1nc2cc(NC(=O)CN3CCC[C@H]3c3nc(-c4cccnc4)n[nH]3)ccc2n1C. The predicted molar refractivity (Wildman–Crippen MR) is 117 cm³/mol. The molecule has 1 aromatic carbocycles. The standard InChI is InChI=1S/C22H24N8O/c1-14-24-17-11-16(7-8-18(17)29(14)2)25-20(31)13-30-10-4-6-19(30)22-26-21(27-28-22)15-5-3-9-23-12-15/h3,5,7-9,11-12,19H,4,6,10,13H2,1-2H3,(H,25,31)(H,26,27,28)/t19-/m0/s1. The third-order valence-electron chi connectivity index (χ3n) is 5.84. The predicted octanol–water partition coefficient (Wildman–Crippen LogP) is 2.84. The molecule has 0 bridgehead atoms. The number of rotatable bonds is 5. The number of hydrogen-bond donors (Lipinski definition) is 2. The number of nitrogens with zero attached hydrogens (tertiary/aromatic N) is 6. The Labute approximate surface area is 179 Å². The van der Waals surface area contributed by atoms with Gasteiger partial charge in [0.25, 0.3) is 0 Å². The third-order valence-corrected chi connectivity index (χ3v) is 5.84. The molecule has 9 nitrogen and oxygen atoms in total. The lowest BCUT2D eigenvalue weighted by atomic mass is 10.2. The van der Waals surface area contributed by atoms with E-state index in [1.807, 2.05) is 48.9 Å². The number of amides is 1. The first-order valence-corrected chi connectivity index (χ1v) is 10.4. The molecule has 1 amide bonds. The number of pyridine rings is 1. The van der Waals surface area contributed by atoms with Crippen molar-refractivity contribution in [3.05, 3.63) is 54.4 Å². The van der Waals surface area contributed by atoms with E-state index in [1.165, 1.54) is 0 Å². The molecule has 158 valence electrons. The van der Waals surface area contributed by atoms with E-state index in [0.29, 0.717) is 12.4 Å². The van der Waals surface area contributed by atoms with Gasteiger partial charge in [-0.2, -0.15) is 5.10 Å². The van der Waals surface area contributed by atoms with Gasteiger partial charge in [0, 0.05) is 30.7 Å². The van der Waals surface area contributed by atoms with Crippen molar-refractivity contribution >= 4 is 22.6 Å². The summed E-state index contributed by atoms with van der Waals surface area (Å²) in [5, 5.41) is 10.4. The lowest BCUT2D eigenvalue weighted by Gasteiger charge is -2.21. The van der Waals surface area contributed by atoms with Crippen LogP contribution < -0.4 is 5.32 Å². The average Bonchev–Trinajstić information content (AvgIpc) is 3.49. The number of imidazole rings is 1. The van der Waals surface area contributed by atoms with Crippen LogP contribution in [0.15, 0.2) is 42.7 Å². The zero-order valence-corrected chi connectivity index (χ0v) is 17.5. The van der Waals surface area contributed by atoms with E-state index in [9.17, 15) is 4.79 Å². The Morgan fingerprint density at radius 1 is 1.29 bits per heavy atom. The van der Waals surface area contributed by atoms with Gasteiger partial charge in [0.1, 0.15) is 11.6 Å². The van der Waals surface area contributed by atoms with Crippen LogP contribution in [0.4, 0.5) is 5.69 Å². The first-order chi connectivity index (χ1) is 15.1. The summed E-state index contributed by atoms with van der Waals surface area (Å²) >= 11 is 0. The molecule has 1 aliphatic rings. The highest BCUT2D eigenvalue weighted by Crippen LogP contribution is 2.30. The Morgan fingerprint density at radius 2 is 2.19 bits per heavy atom. The number of anilines is 1. The largest absolute Gasteiger partial charge is 0.331 e. The van der Waals surface area contributed by atoms with Crippen molar-refractivity contribution in [2.75, 3.05) is 18.4 Å². The molecule has 1 aliphatic heterocycles. The van der Waals surface area contributed by atoms with E-state index in [4.69, 9.17) is 0 Å². The van der Waals surface area contributed by atoms with Gasteiger partial charge in [0.05, 0.1) is 23.6 Å². The van der Waals surface area contributed by atoms with Crippen LogP contribution in [0.2, 0.25) is 0 Å². The van der Waals surface area contributed by atoms with Crippen molar-refractivity contribution in [1.29, 1.82) is 0 Å². The zero-order chi connectivity index (χ0) is 21.4. The monoisotopic (exact) mass is 416 g/mol. The molecule has 0 unspecified atom stereocenters. The second-order valence-corrected chi connectivity index (χ2v) is 7.88. The fraction of sp³-hybridized carbons (Fsp3) is 0.318. The van der Waals surface area contributed by atoms with E-state index in [1.54, 1.807) is 12.4 Å². The summed E-state index contributed by atoms with van der Waals surface area (Å²) in [4.78, 5) is 28.2. The minimum Gasteiger partial charge on any atom is -0.331 e. The van der Waals surface area contributed by atoms with Crippen LogP contribution in [0.25, 0.3) is 22.4 Å². The van der Waals surface area contributed by atoms with Crippen molar-refractivity contribution < 1.29 is 4.79 Å². The summed E-state index contributed by atoms with van der Waals surface area (Å²) in [6.45, 7) is 3.11. The van der Waals surface area contributed by atoms with Crippen LogP contribution in [-0.4, -0.2) is 53.6 Å². The second kappa shape index (κ2) is 7.92. The first-order valence-electron chi connectivity index (χ1n) is 10.4. The molecule has 0 aliphatic carbocycles. The molecule has 5 rings (SSSR count). The summed E-state index contributed by atoms with van der Waals surface area (Å²) in [5.41, 5.74) is 3.55. The number of aryl methyl sites for hydroxylation is 2. The molecule has 4 heterocycles. The van der Waals surface area contributed by atoms with Gasteiger partial charge in [0.15, 0.2) is 5.82 Å². The van der Waals surface area contributed by atoms with Gasteiger partial charge >= 0.3 is 0 Å². The molecule has 31 heavy (non-hydrogen) atoms. The fourth-order valence-electron chi connectivity index (χ4n) is 4.16. The van der Waals surface area contributed by atoms with Crippen LogP contribution in [-0.2, 0) is 11.8 Å². The van der Waals surface area contributed by atoms with E-state index in [0.717, 1.165) is 53.3 Å². The van der Waals surface area contributed by atoms with Gasteiger partial charge in [0.2, 0.25) is 5.91 Å². The Bertz CT molecular complexity index is 1230. The quantitative estimate of drug-likeness (QED) is 0.518. The van der Waals surface area contributed by atoms with Crippen molar-refractivity contribution in [2.24, 2.45) is 7.05 Å². The number of benzene rings is 1. The molecule has 1 saturated heterocycles. The molecular weight excluding hydrogens is 392 g/mol. The van der Waals surface area contributed by atoms with Crippen LogP contribution in [0.1, 0.15) is 30.5 Å². The molecule has 0 saturated carbocycles. The van der Waals surface area contributed by atoms with Crippen LogP contribution in [0.5, 0.6) is 0 Å². The first kappa shape index (κ1) is 19.4. The third kappa shape index (κ3) is 3.79. The molecule has 0 spiro atoms. The van der Waals surface area contributed by atoms with Crippen LogP contribution >= 0.6 is 0 Å². The Morgan fingerprint density at radius 3 is 3.03 bits per heavy atom. The lowest BCUT2D eigenvalue weighted by molar-refractivity contribution is -0.117. The van der Waals surface area contributed by atoms with Crippen molar-refractivity contribution in [3.8, 4) is 11.4 Å². The van der Waals surface area contributed by atoms with Gasteiger partial charge < -0.3 is 9.88 Å². The molecule has 2 N–H and O–H groups in total. The fourth-order valence-corrected chi connectivity index (χ4v) is 4.16. The number of likely N-dealkylation sites (tertiary alicyclic amines) is 1. The summed E-state index contributed by atoms with van der Waals surface area (Å²) in [6.07, 6.45) is 5.42. The molecule has 1 fully saturated rings. The number of nitrogens with one attached hydrogen (secondary N) is 2. The minimum atomic E-state index is -0.0501. The maximum atomic E-state index is 12.7. The topological polar surface area (TPSA) is 105 Å². The highest BCUT2D eigenvalue weighted by Gasteiger charge is 2.30. The molecule has 3 aromatic heterocycles. The summed E-state index contributed by atoms with van der Waals surface area (Å²) in [5.74, 6) is 2.30. The zero-order valence-electron chi connectivity index (χ0n) is 17.5. The number of hydrogen-bond acceptors (Lipinski definition) is 6. The van der Waals surface area contributed by atoms with Crippen molar-refractivity contribution in [2.45, 2.75) is 25.8 Å². The number of aromatic amines is 1. The summed E-state index contributed by atoms with van der Waals surface area (Å²) in [7, 11) is 1.99. The van der Waals surface area contributed by atoms with Gasteiger partial charge in [-0.1, -0.05) is 0 Å². The average molecular weight is 416 g/mol. The number of H-pyrrole nitrogens is 1. The number of carbonyl (C=O) groups excluding carboxylic acids is 1. The maximum absolute atomic E-state index is 12.7. The van der Waals surface area contributed by atoms with Gasteiger partial charge in [-0.15, -0.1) is 0 Å². The second-order valence-electron chi connectivity index (χ2n) is 7.88. The summed E-state index contributed by atoms with van der Waals surface area (Å²) in [6, 6.07) is 9.65. The van der Waals surface area contributed by atoms with E-state index >= 15 is 0 Å². The lowest BCUT2D eigenvalue weighted by Crippen LogP contribution is -2.33.